The van der Waals surface area contributed by atoms with Gasteiger partial charge in [-0.25, -0.2) is 0 Å². The van der Waals surface area contributed by atoms with E-state index in [2.05, 4.69) is 4.98 Å². The van der Waals surface area contributed by atoms with Crippen LogP contribution in [0.1, 0.15) is 5.56 Å². The van der Waals surface area contributed by atoms with Crippen LogP contribution in [0.4, 0.5) is 0 Å². The molecule has 0 aliphatic heterocycles. The Morgan fingerprint density at radius 2 is 2.55 bits per heavy atom. The van der Waals surface area contributed by atoms with Crippen LogP contribution in [0.2, 0.25) is 0 Å². The standard InChI is InChI=1S/C8H10N2S/c1-10(7-11)6-8-3-2-4-9-5-8/h2-5,7H,6H2,1H3. The molecule has 0 saturated heterocycles. The van der Waals surface area contributed by atoms with Gasteiger partial charge in [-0.3, -0.25) is 4.98 Å². The molecule has 0 amide bonds. The number of hydrogen-bond donors (Lipinski definition) is 0. The second kappa shape index (κ2) is 4.03. The maximum absolute atomic E-state index is 4.75. The fraction of sp³-hybridized carbons (Fsp3) is 0.250. The summed E-state index contributed by atoms with van der Waals surface area (Å²) in [6.45, 7) is 0.831. The van der Waals surface area contributed by atoms with Gasteiger partial charge in [-0.2, -0.15) is 0 Å². The van der Waals surface area contributed by atoms with E-state index in [9.17, 15) is 0 Å². The van der Waals surface area contributed by atoms with E-state index in [0.717, 1.165) is 6.54 Å². The first-order valence-electron chi connectivity index (χ1n) is 3.37. The number of hydrogen-bond acceptors (Lipinski definition) is 2. The van der Waals surface area contributed by atoms with Crippen molar-refractivity contribution >= 4 is 17.7 Å². The minimum atomic E-state index is 0.831. The zero-order chi connectivity index (χ0) is 8.10. The van der Waals surface area contributed by atoms with Crippen LogP contribution in [-0.2, 0) is 6.54 Å². The van der Waals surface area contributed by atoms with E-state index in [1.54, 1.807) is 11.7 Å². The van der Waals surface area contributed by atoms with Gasteiger partial charge >= 0.3 is 0 Å². The zero-order valence-corrected chi connectivity index (χ0v) is 7.21. The average molecular weight is 166 g/mol. The van der Waals surface area contributed by atoms with E-state index in [1.165, 1.54) is 5.56 Å². The molecule has 0 aliphatic rings. The maximum Gasteiger partial charge on any atom is 0.0641 e. The van der Waals surface area contributed by atoms with E-state index in [0.29, 0.717) is 0 Å². The second-order valence-electron chi connectivity index (χ2n) is 2.38. The largest absolute Gasteiger partial charge is 0.367 e. The Bertz CT molecular complexity index is 223. The molecule has 0 bridgehead atoms. The van der Waals surface area contributed by atoms with Crippen LogP contribution in [0.15, 0.2) is 24.5 Å². The summed E-state index contributed by atoms with van der Waals surface area (Å²) in [5.41, 5.74) is 2.81. The minimum absolute atomic E-state index is 0.831. The van der Waals surface area contributed by atoms with Crippen molar-refractivity contribution in [1.82, 2.24) is 9.88 Å². The van der Waals surface area contributed by atoms with E-state index >= 15 is 0 Å². The van der Waals surface area contributed by atoms with Gasteiger partial charge in [0.25, 0.3) is 0 Å². The first-order valence-corrected chi connectivity index (χ1v) is 3.84. The molecule has 0 aromatic carbocycles. The summed E-state index contributed by atoms with van der Waals surface area (Å²) in [6, 6.07) is 3.95. The molecule has 1 rings (SSSR count). The third-order valence-corrected chi connectivity index (χ3v) is 1.69. The molecule has 3 heteroatoms. The van der Waals surface area contributed by atoms with Crippen molar-refractivity contribution in [2.75, 3.05) is 7.05 Å². The highest BCUT2D eigenvalue weighted by Crippen LogP contribution is 1.98. The number of thiocarbonyl (C=S) groups is 1. The molecule has 0 fully saturated rings. The Morgan fingerprint density at radius 3 is 3.09 bits per heavy atom. The molecule has 0 spiro atoms. The molecule has 0 aliphatic carbocycles. The van der Waals surface area contributed by atoms with Gasteiger partial charge < -0.3 is 4.90 Å². The quantitative estimate of drug-likeness (QED) is 0.633. The molecule has 1 aromatic rings. The third kappa shape index (κ3) is 2.63. The van der Waals surface area contributed by atoms with E-state index in [-0.39, 0.29) is 0 Å². The van der Waals surface area contributed by atoms with Crippen LogP contribution in [0, 0.1) is 0 Å². The van der Waals surface area contributed by atoms with E-state index in [4.69, 9.17) is 12.2 Å². The van der Waals surface area contributed by atoms with Crippen LogP contribution in [-0.4, -0.2) is 22.4 Å². The first-order chi connectivity index (χ1) is 5.33. The molecule has 58 valence electrons. The summed E-state index contributed by atoms with van der Waals surface area (Å²) in [7, 11) is 1.94. The molecule has 1 heterocycles. The normalized spacial score (nSPS) is 9.18. The molecule has 0 N–H and O–H groups in total. The second-order valence-corrected chi connectivity index (χ2v) is 2.59. The minimum Gasteiger partial charge on any atom is -0.367 e. The maximum atomic E-state index is 4.75. The highest BCUT2D eigenvalue weighted by molar-refractivity contribution is 7.78. The van der Waals surface area contributed by atoms with Crippen molar-refractivity contribution in [3.63, 3.8) is 0 Å². The Kier molecular flexibility index (Phi) is 2.98. The Labute approximate surface area is 71.9 Å². The van der Waals surface area contributed by atoms with Crippen molar-refractivity contribution < 1.29 is 0 Å². The Morgan fingerprint density at radius 1 is 1.73 bits per heavy atom. The van der Waals surface area contributed by atoms with Crippen molar-refractivity contribution in [3.8, 4) is 0 Å². The Balaban J connectivity index is 2.57. The summed E-state index contributed by atoms with van der Waals surface area (Å²) in [5, 5.41) is 0. The highest BCUT2D eigenvalue weighted by atomic mass is 32.1. The number of pyridine rings is 1. The molecule has 0 saturated carbocycles. The van der Waals surface area contributed by atoms with Gasteiger partial charge in [0.15, 0.2) is 0 Å². The SMILES string of the molecule is CN(C=S)Cc1cccnc1. The summed E-state index contributed by atoms with van der Waals surface area (Å²) in [5.74, 6) is 0. The fourth-order valence-electron chi connectivity index (χ4n) is 0.817. The monoisotopic (exact) mass is 166 g/mol. The van der Waals surface area contributed by atoms with Crippen LogP contribution < -0.4 is 0 Å². The molecular formula is C8H10N2S. The van der Waals surface area contributed by atoms with Crippen molar-refractivity contribution in [2.45, 2.75) is 6.54 Å². The molecule has 1 aromatic heterocycles. The highest BCUT2D eigenvalue weighted by Gasteiger charge is 1.92. The van der Waals surface area contributed by atoms with Gasteiger partial charge in [-0.15, -0.1) is 0 Å². The molecular weight excluding hydrogens is 156 g/mol. The smallest absolute Gasteiger partial charge is 0.0641 e. The lowest BCUT2D eigenvalue weighted by Crippen LogP contribution is -2.13. The lowest BCUT2D eigenvalue weighted by Gasteiger charge is -2.10. The zero-order valence-electron chi connectivity index (χ0n) is 6.40. The van der Waals surface area contributed by atoms with Gasteiger partial charge in [0.05, 0.1) is 5.49 Å². The van der Waals surface area contributed by atoms with Crippen LogP contribution in [0.3, 0.4) is 0 Å². The van der Waals surface area contributed by atoms with Crippen LogP contribution in [0.5, 0.6) is 0 Å². The fourth-order valence-corrected chi connectivity index (χ4v) is 0.891. The topological polar surface area (TPSA) is 16.1 Å². The molecule has 0 radical (unpaired) electrons. The lowest BCUT2D eigenvalue weighted by molar-refractivity contribution is 0.522. The van der Waals surface area contributed by atoms with Gasteiger partial charge in [0.1, 0.15) is 0 Å². The van der Waals surface area contributed by atoms with Crippen LogP contribution >= 0.6 is 12.2 Å². The average Bonchev–Trinajstić information content (AvgIpc) is 2.06. The van der Waals surface area contributed by atoms with Crippen molar-refractivity contribution in [2.24, 2.45) is 0 Å². The summed E-state index contributed by atoms with van der Waals surface area (Å²) >= 11 is 4.75. The van der Waals surface area contributed by atoms with Gasteiger partial charge in [-0.1, -0.05) is 18.3 Å². The lowest BCUT2D eigenvalue weighted by atomic mass is 10.3. The Hall–Kier alpha value is -0.960. The summed E-state index contributed by atoms with van der Waals surface area (Å²) < 4.78 is 0. The van der Waals surface area contributed by atoms with Crippen molar-refractivity contribution in [3.05, 3.63) is 30.1 Å². The number of nitrogens with zero attached hydrogens (tertiary/aromatic N) is 2. The molecule has 2 nitrogen and oxygen atoms in total. The van der Waals surface area contributed by atoms with Crippen LogP contribution in [0.25, 0.3) is 0 Å². The van der Waals surface area contributed by atoms with E-state index in [1.807, 2.05) is 30.3 Å². The summed E-state index contributed by atoms with van der Waals surface area (Å²) in [6.07, 6.45) is 3.61. The number of aromatic nitrogens is 1. The molecule has 0 atom stereocenters. The predicted molar refractivity (Wildman–Crippen MR) is 49.4 cm³/mol. The molecule has 11 heavy (non-hydrogen) atoms. The van der Waals surface area contributed by atoms with Gasteiger partial charge in [0, 0.05) is 26.0 Å². The van der Waals surface area contributed by atoms with Gasteiger partial charge in [-0.05, 0) is 11.6 Å². The summed E-state index contributed by atoms with van der Waals surface area (Å²) in [4.78, 5) is 5.93. The van der Waals surface area contributed by atoms with Crippen molar-refractivity contribution in [1.29, 1.82) is 0 Å². The molecule has 0 unspecified atom stereocenters. The predicted octanol–water partition coefficient (Wildman–Crippen LogP) is 1.47. The number of rotatable bonds is 3. The van der Waals surface area contributed by atoms with E-state index < -0.39 is 0 Å². The third-order valence-electron chi connectivity index (χ3n) is 1.33. The first kappa shape index (κ1) is 8.14. The van der Waals surface area contributed by atoms with Gasteiger partial charge in [0.2, 0.25) is 0 Å².